The summed E-state index contributed by atoms with van der Waals surface area (Å²) in [6, 6.07) is 6.58. The number of hydrogen-bond donors (Lipinski definition) is 2. The smallest absolute Gasteiger partial charge is 0.231 e. The van der Waals surface area contributed by atoms with Gasteiger partial charge in [-0.2, -0.15) is 0 Å². The zero-order valence-corrected chi connectivity index (χ0v) is 14.0. The molecule has 2 aliphatic heterocycles. The molecule has 3 rings (SSSR count). The Kier molecular flexibility index (Phi) is 6.39. The van der Waals surface area contributed by atoms with Gasteiger partial charge in [0.25, 0.3) is 0 Å². The Bertz CT molecular complexity index is 512. The van der Waals surface area contributed by atoms with Crippen LogP contribution in [0.4, 0.5) is 4.39 Å². The third-order valence-electron chi connectivity index (χ3n) is 4.85. The molecular formula is C17H24ClFN2O2. The molecule has 0 radical (unpaired) electrons. The Labute approximate surface area is 142 Å². The third-order valence-corrected chi connectivity index (χ3v) is 4.85. The molecule has 1 aromatic rings. The highest BCUT2D eigenvalue weighted by atomic mass is 35.5. The monoisotopic (exact) mass is 342 g/mol. The molecule has 0 atom stereocenters. The first-order valence-corrected chi connectivity index (χ1v) is 8.06. The van der Waals surface area contributed by atoms with Crippen molar-refractivity contribution in [2.75, 3.05) is 26.3 Å². The van der Waals surface area contributed by atoms with E-state index in [1.165, 1.54) is 12.1 Å². The van der Waals surface area contributed by atoms with Crippen molar-refractivity contribution in [1.29, 1.82) is 0 Å². The minimum Gasteiger partial charge on any atom is -0.381 e. The summed E-state index contributed by atoms with van der Waals surface area (Å²) in [5.74, 6) is -0.209. The zero-order chi connectivity index (χ0) is 15.4. The standard InChI is InChI=1S/C17H23FN2O2.ClH/c18-14-3-1-13(2-4-14)17(7-11-22-12-8-17)16(21)20-15-5-9-19-10-6-15;/h1-4,15,19H,5-12H2,(H,20,21);1H. The van der Waals surface area contributed by atoms with E-state index in [-0.39, 0.29) is 30.2 Å². The maximum Gasteiger partial charge on any atom is 0.231 e. The summed E-state index contributed by atoms with van der Waals surface area (Å²) in [4.78, 5) is 13.0. The lowest BCUT2D eigenvalue weighted by Gasteiger charge is -2.38. The number of rotatable bonds is 3. The van der Waals surface area contributed by atoms with Crippen molar-refractivity contribution in [2.24, 2.45) is 0 Å². The maximum absolute atomic E-state index is 13.2. The van der Waals surface area contributed by atoms with Crippen LogP contribution in [-0.4, -0.2) is 38.3 Å². The predicted molar refractivity (Wildman–Crippen MR) is 89.4 cm³/mol. The van der Waals surface area contributed by atoms with Crippen molar-refractivity contribution in [1.82, 2.24) is 10.6 Å². The number of halogens is 2. The van der Waals surface area contributed by atoms with Crippen LogP contribution in [0.3, 0.4) is 0 Å². The number of piperidine rings is 1. The lowest BCUT2D eigenvalue weighted by Crippen LogP contribution is -2.52. The van der Waals surface area contributed by atoms with Crippen molar-refractivity contribution in [3.8, 4) is 0 Å². The maximum atomic E-state index is 13.2. The van der Waals surface area contributed by atoms with Gasteiger partial charge in [-0.05, 0) is 56.5 Å². The Balaban J connectivity index is 0.00000192. The van der Waals surface area contributed by atoms with E-state index >= 15 is 0 Å². The Morgan fingerprint density at radius 2 is 1.78 bits per heavy atom. The average molecular weight is 343 g/mol. The van der Waals surface area contributed by atoms with Crippen LogP contribution in [-0.2, 0) is 14.9 Å². The normalized spacial score (nSPS) is 21.3. The molecule has 2 N–H and O–H groups in total. The first-order chi connectivity index (χ1) is 10.7. The van der Waals surface area contributed by atoms with Gasteiger partial charge in [0.2, 0.25) is 5.91 Å². The molecule has 0 aliphatic carbocycles. The largest absolute Gasteiger partial charge is 0.381 e. The molecule has 6 heteroatoms. The van der Waals surface area contributed by atoms with Crippen molar-refractivity contribution in [3.05, 3.63) is 35.6 Å². The summed E-state index contributed by atoms with van der Waals surface area (Å²) < 4.78 is 18.7. The van der Waals surface area contributed by atoms with Gasteiger partial charge in [-0.1, -0.05) is 12.1 Å². The summed E-state index contributed by atoms with van der Waals surface area (Å²) in [7, 11) is 0. The van der Waals surface area contributed by atoms with Gasteiger partial charge < -0.3 is 15.4 Å². The van der Waals surface area contributed by atoms with Gasteiger partial charge in [-0.3, -0.25) is 4.79 Å². The molecule has 2 aliphatic rings. The summed E-state index contributed by atoms with van der Waals surface area (Å²) in [6.07, 6.45) is 3.22. The Hall–Kier alpha value is -1.17. The van der Waals surface area contributed by atoms with Crippen molar-refractivity contribution >= 4 is 18.3 Å². The van der Waals surface area contributed by atoms with Gasteiger partial charge in [0.1, 0.15) is 5.82 Å². The van der Waals surface area contributed by atoms with Crippen molar-refractivity contribution < 1.29 is 13.9 Å². The predicted octanol–water partition coefficient (Wildman–Crippen LogP) is 2.16. The number of amides is 1. The van der Waals surface area contributed by atoms with Crippen LogP contribution < -0.4 is 10.6 Å². The number of hydrogen-bond acceptors (Lipinski definition) is 3. The molecule has 2 fully saturated rings. The highest BCUT2D eigenvalue weighted by Gasteiger charge is 2.42. The summed E-state index contributed by atoms with van der Waals surface area (Å²) in [6.45, 7) is 3.02. The van der Waals surface area contributed by atoms with E-state index in [0.29, 0.717) is 26.1 Å². The number of nitrogens with one attached hydrogen (secondary N) is 2. The van der Waals surface area contributed by atoms with Crippen LogP contribution in [0.15, 0.2) is 24.3 Å². The molecule has 0 unspecified atom stereocenters. The molecule has 0 aromatic heterocycles. The van der Waals surface area contributed by atoms with Crippen molar-refractivity contribution in [2.45, 2.75) is 37.1 Å². The third kappa shape index (κ3) is 4.03. The second kappa shape index (κ2) is 8.08. The molecular weight excluding hydrogens is 319 g/mol. The Morgan fingerprint density at radius 1 is 1.17 bits per heavy atom. The summed E-state index contributed by atoms with van der Waals surface area (Å²) >= 11 is 0. The molecule has 0 bridgehead atoms. The second-order valence-corrected chi connectivity index (χ2v) is 6.20. The minimum absolute atomic E-state index is 0. The van der Waals surface area contributed by atoms with Crippen LogP contribution in [0.1, 0.15) is 31.2 Å². The first kappa shape index (κ1) is 18.2. The highest BCUT2D eigenvalue weighted by molar-refractivity contribution is 5.88. The molecule has 2 saturated heterocycles. The van der Waals surface area contributed by atoms with Gasteiger partial charge in [-0.25, -0.2) is 4.39 Å². The summed E-state index contributed by atoms with van der Waals surface area (Å²) in [5, 5.41) is 6.52. The van der Waals surface area contributed by atoms with E-state index in [1.54, 1.807) is 12.1 Å². The SMILES string of the molecule is Cl.O=C(NC1CCNCC1)C1(c2ccc(F)cc2)CCOCC1. The van der Waals surface area contributed by atoms with E-state index in [9.17, 15) is 9.18 Å². The number of ether oxygens (including phenoxy) is 1. The van der Waals surface area contributed by atoms with Crippen molar-refractivity contribution in [3.63, 3.8) is 0 Å². The summed E-state index contributed by atoms with van der Waals surface area (Å²) in [5.41, 5.74) is 0.306. The van der Waals surface area contributed by atoms with E-state index in [1.807, 2.05) is 0 Å². The highest BCUT2D eigenvalue weighted by Crippen LogP contribution is 2.35. The van der Waals surface area contributed by atoms with Gasteiger partial charge in [0.15, 0.2) is 0 Å². The van der Waals surface area contributed by atoms with Gasteiger partial charge in [0.05, 0.1) is 5.41 Å². The molecule has 23 heavy (non-hydrogen) atoms. The molecule has 0 spiro atoms. The lowest BCUT2D eigenvalue weighted by atomic mass is 9.73. The fourth-order valence-corrected chi connectivity index (χ4v) is 3.43. The minimum atomic E-state index is -0.586. The first-order valence-electron chi connectivity index (χ1n) is 8.06. The van der Waals surface area contributed by atoms with E-state index in [2.05, 4.69) is 10.6 Å². The van der Waals surface area contributed by atoms with Crippen LogP contribution in [0.5, 0.6) is 0 Å². The molecule has 1 amide bonds. The van der Waals surface area contributed by atoms with E-state index < -0.39 is 5.41 Å². The van der Waals surface area contributed by atoms with E-state index in [4.69, 9.17) is 4.74 Å². The lowest BCUT2D eigenvalue weighted by molar-refractivity contribution is -0.131. The quantitative estimate of drug-likeness (QED) is 0.885. The Morgan fingerprint density at radius 3 is 2.39 bits per heavy atom. The van der Waals surface area contributed by atoms with Gasteiger partial charge in [0, 0.05) is 19.3 Å². The molecule has 1 aromatic carbocycles. The van der Waals surface area contributed by atoms with Crippen LogP contribution in [0, 0.1) is 5.82 Å². The number of carbonyl (C=O) groups excluding carboxylic acids is 1. The second-order valence-electron chi connectivity index (χ2n) is 6.20. The van der Waals surface area contributed by atoms with Gasteiger partial charge >= 0.3 is 0 Å². The fraction of sp³-hybridized carbons (Fsp3) is 0.588. The number of carbonyl (C=O) groups is 1. The number of benzene rings is 1. The topological polar surface area (TPSA) is 50.4 Å². The molecule has 2 heterocycles. The fourth-order valence-electron chi connectivity index (χ4n) is 3.43. The zero-order valence-electron chi connectivity index (χ0n) is 13.1. The molecule has 4 nitrogen and oxygen atoms in total. The van der Waals surface area contributed by atoms with Crippen LogP contribution in [0.2, 0.25) is 0 Å². The van der Waals surface area contributed by atoms with Crippen LogP contribution in [0.25, 0.3) is 0 Å². The average Bonchev–Trinajstić information content (AvgIpc) is 2.57. The molecule has 128 valence electrons. The van der Waals surface area contributed by atoms with Gasteiger partial charge in [-0.15, -0.1) is 12.4 Å². The van der Waals surface area contributed by atoms with E-state index in [0.717, 1.165) is 31.5 Å². The molecule has 0 saturated carbocycles. The van der Waals surface area contributed by atoms with Crippen LogP contribution >= 0.6 is 12.4 Å².